The number of anilines is 1. The zero-order chi connectivity index (χ0) is 28.9. The molecule has 41 heavy (non-hydrogen) atoms. The van der Waals surface area contributed by atoms with Gasteiger partial charge in [-0.3, -0.25) is 14.5 Å². The van der Waals surface area contributed by atoms with Gasteiger partial charge in [0.15, 0.2) is 0 Å². The molecule has 10 heteroatoms. The summed E-state index contributed by atoms with van der Waals surface area (Å²) in [5.41, 5.74) is 1.45. The number of rotatable bonds is 5. The number of aromatic nitrogens is 2. The second-order valence-electron chi connectivity index (χ2n) is 10.4. The van der Waals surface area contributed by atoms with Crippen LogP contribution in [0.3, 0.4) is 0 Å². The fourth-order valence-electron chi connectivity index (χ4n) is 5.67. The molecule has 2 atom stereocenters. The van der Waals surface area contributed by atoms with Crippen molar-refractivity contribution in [3.05, 3.63) is 113 Å². The van der Waals surface area contributed by atoms with Crippen LogP contribution in [0.2, 0.25) is 0 Å². The molecule has 1 aliphatic carbocycles. The lowest BCUT2D eigenvalue weighted by atomic mass is 9.79. The molecule has 1 fully saturated rings. The van der Waals surface area contributed by atoms with Gasteiger partial charge >= 0.3 is 6.18 Å². The van der Waals surface area contributed by atoms with Gasteiger partial charge in [0.1, 0.15) is 17.7 Å². The van der Waals surface area contributed by atoms with E-state index in [0.29, 0.717) is 22.6 Å². The first-order valence-electron chi connectivity index (χ1n) is 13.3. The van der Waals surface area contributed by atoms with Gasteiger partial charge < -0.3 is 5.32 Å². The van der Waals surface area contributed by atoms with E-state index in [-0.39, 0.29) is 11.6 Å². The monoisotopic (exact) mass is 562 g/mol. The summed E-state index contributed by atoms with van der Waals surface area (Å²) in [7, 11) is 0. The predicted octanol–water partition coefficient (Wildman–Crippen LogP) is 6.17. The molecule has 3 aromatic carbocycles. The van der Waals surface area contributed by atoms with Gasteiger partial charge in [0.25, 0.3) is 11.8 Å². The van der Waals surface area contributed by atoms with Crippen LogP contribution in [-0.4, -0.2) is 33.7 Å². The van der Waals surface area contributed by atoms with E-state index in [4.69, 9.17) is 5.10 Å². The maximum absolute atomic E-state index is 14.4. The first kappa shape index (κ1) is 26.7. The number of carbonyl (C=O) groups excluding carboxylic acids is 2. The van der Waals surface area contributed by atoms with E-state index >= 15 is 0 Å². The van der Waals surface area contributed by atoms with Crippen LogP contribution in [0.1, 0.15) is 57.9 Å². The van der Waals surface area contributed by atoms with Gasteiger partial charge in [-0.05, 0) is 74.2 Å². The molecular weight excluding hydrogens is 536 g/mol. The highest BCUT2D eigenvalue weighted by Crippen LogP contribution is 2.46. The summed E-state index contributed by atoms with van der Waals surface area (Å²) in [6, 6.07) is 17.8. The lowest BCUT2D eigenvalue weighted by Gasteiger charge is -2.45. The SMILES string of the molecule is Cc1nn(-c2ccccc2)c2c1C(c1ccc(F)cc1)C(NC(=O)c1cccc(C(F)(F)F)c1)C(=O)N2C1CCC1. The molecule has 2 heterocycles. The number of halogens is 4. The Morgan fingerprint density at radius 2 is 1.68 bits per heavy atom. The van der Waals surface area contributed by atoms with E-state index in [1.807, 2.05) is 37.3 Å². The van der Waals surface area contributed by atoms with Crippen LogP contribution in [0.5, 0.6) is 0 Å². The van der Waals surface area contributed by atoms with Crippen LogP contribution in [0.4, 0.5) is 23.4 Å². The number of benzene rings is 3. The molecule has 0 bridgehead atoms. The summed E-state index contributed by atoms with van der Waals surface area (Å²) in [6.45, 7) is 1.81. The molecule has 0 radical (unpaired) electrons. The third-order valence-corrected chi connectivity index (χ3v) is 7.87. The maximum Gasteiger partial charge on any atom is 0.416 e. The highest BCUT2D eigenvalue weighted by Gasteiger charge is 2.49. The predicted molar refractivity (Wildman–Crippen MR) is 144 cm³/mol. The van der Waals surface area contributed by atoms with Crippen molar-refractivity contribution in [2.75, 3.05) is 4.90 Å². The summed E-state index contributed by atoms with van der Waals surface area (Å²) in [5.74, 6) is -1.85. The van der Waals surface area contributed by atoms with Crippen molar-refractivity contribution < 1.29 is 27.2 Å². The lowest BCUT2D eigenvalue weighted by molar-refractivity contribution is -0.137. The van der Waals surface area contributed by atoms with Gasteiger partial charge in [-0.1, -0.05) is 36.4 Å². The minimum absolute atomic E-state index is 0.123. The minimum atomic E-state index is -4.63. The Morgan fingerprint density at radius 3 is 2.32 bits per heavy atom. The molecule has 1 aromatic heterocycles. The molecule has 1 saturated carbocycles. The number of hydrogen-bond acceptors (Lipinski definition) is 3. The number of fused-ring (bicyclic) bond motifs is 1. The molecule has 1 aliphatic heterocycles. The number of carbonyl (C=O) groups is 2. The van der Waals surface area contributed by atoms with Gasteiger partial charge in [-0.2, -0.15) is 18.3 Å². The third-order valence-electron chi connectivity index (χ3n) is 7.87. The standard InChI is InChI=1S/C31H26F4N4O2/c1-18-25-26(19-13-15-22(32)16-14-19)27(36-28(40)20-7-5-8-21(17-20)31(33,34)35)30(41)38(23-11-6-12-23)29(25)39(37-18)24-9-3-2-4-10-24/h2-5,7-10,13-17,23,26-27H,6,11-12H2,1H3,(H,36,40). The van der Waals surface area contributed by atoms with Crippen LogP contribution >= 0.6 is 0 Å². The van der Waals surface area contributed by atoms with Crippen molar-refractivity contribution in [2.24, 2.45) is 0 Å². The first-order chi connectivity index (χ1) is 19.6. The Balaban J connectivity index is 1.50. The number of nitrogens with one attached hydrogen (secondary N) is 1. The van der Waals surface area contributed by atoms with Gasteiger partial charge in [-0.25, -0.2) is 9.07 Å². The Kier molecular flexibility index (Phi) is 6.63. The third kappa shape index (κ3) is 4.77. The number of nitrogens with zero attached hydrogens (tertiary/aromatic N) is 3. The molecule has 1 N–H and O–H groups in total. The maximum atomic E-state index is 14.4. The number of aryl methyl sites for hydroxylation is 1. The van der Waals surface area contributed by atoms with Crippen LogP contribution in [0.15, 0.2) is 78.9 Å². The van der Waals surface area contributed by atoms with E-state index in [1.54, 1.807) is 21.7 Å². The summed E-state index contributed by atoms with van der Waals surface area (Å²) < 4.78 is 55.8. The normalized spacial score (nSPS) is 19.0. The van der Waals surface area contributed by atoms with Crippen LogP contribution in [0.25, 0.3) is 5.69 Å². The summed E-state index contributed by atoms with van der Waals surface area (Å²) in [5, 5.41) is 7.55. The van der Waals surface area contributed by atoms with Crippen LogP contribution < -0.4 is 10.2 Å². The van der Waals surface area contributed by atoms with E-state index in [0.717, 1.165) is 43.1 Å². The summed E-state index contributed by atoms with van der Waals surface area (Å²) in [4.78, 5) is 29.5. The second kappa shape index (κ2) is 10.2. The van der Waals surface area contributed by atoms with Gasteiger partial charge in [0.05, 0.1) is 16.9 Å². The van der Waals surface area contributed by atoms with Crippen molar-refractivity contribution in [1.82, 2.24) is 15.1 Å². The fraction of sp³-hybridized carbons (Fsp3) is 0.258. The molecule has 4 aromatic rings. The van der Waals surface area contributed by atoms with E-state index in [9.17, 15) is 27.2 Å². The largest absolute Gasteiger partial charge is 0.416 e. The highest BCUT2D eigenvalue weighted by molar-refractivity contribution is 6.06. The molecule has 6 nitrogen and oxygen atoms in total. The summed E-state index contributed by atoms with van der Waals surface area (Å²) in [6.07, 6.45) is -2.17. The zero-order valence-corrected chi connectivity index (χ0v) is 22.0. The van der Waals surface area contributed by atoms with Gasteiger partial charge in [0.2, 0.25) is 0 Å². The van der Waals surface area contributed by atoms with Gasteiger partial charge in [0, 0.05) is 23.1 Å². The molecule has 2 aliphatic rings. The molecule has 6 rings (SSSR count). The summed E-state index contributed by atoms with van der Waals surface area (Å²) >= 11 is 0. The fourth-order valence-corrected chi connectivity index (χ4v) is 5.67. The smallest absolute Gasteiger partial charge is 0.339 e. The molecular formula is C31H26F4N4O2. The van der Waals surface area contributed by atoms with Gasteiger partial charge in [-0.15, -0.1) is 0 Å². The van der Waals surface area contributed by atoms with Crippen molar-refractivity contribution >= 4 is 17.6 Å². The van der Waals surface area contributed by atoms with E-state index < -0.39 is 41.3 Å². The average molecular weight is 563 g/mol. The minimum Gasteiger partial charge on any atom is -0.339 e. The molecule has 2 amide bonds. The molecule has 2 unspecified atom stereocenters. The zero-order valence-electron chi connectivity index (χ0n) is 22.0. The van der Waals surface area contributed by atoms with E-state index in [2.05, 4.69) is 5.32 Å². The molecule has 0 saturated heterocycles. The quantitative estimate of drug-likeness (QED) is 0.296. The Bertz CT molecular complexity index is 1610. The van der Waals surface area contributed by atoms with Crippen LogP contribution in [-0.2, 0) is 11.0 Å². The number of amides is 2. The van der Waals surface area contributed by atoms with Crippen LogP contribution in [0, 0.1) is 12.7 Å². The Hall–Kier alpha value is -4.47. The molecule has 0 spiro atoms. The van der Waals surface area contributed by atoms with Crippen molar-refractivity contribution in [1.29, 1.82) is 0 Å². The van der Waals surface area contributed by atoms with Crippen molar-refractivity contribution in [2.45, 2.75) is 50.4 Å². The van der Waals surface area contributed by atoms with Crippen molar-refractivity contribution in [3.8, 4) is 5.69 Å². The topological polar surface area (TPSA) is 67.2 Å². The Labute approximate surface area is 233 Å². The number of para-hydroxylation sites is 1. The number of alkyl halides is 3. The first-order valence-corrected chi connectivity index (χ1v) is 13.3. The molecule has 210 valence electrons. The van der Waals surface area contributed by atoms with E-state index in [1.165, 1.54) is 18.2 Å². The highest BCUT2D eigenvalue weighted by atomic mass is 19.4. The second-order valence-corrected chi connectivity index (χ2v) is 10.4. The van der Waals surface area contributed by atoms with Crippen molar-refractivity contribution in [3.63, 3.8) is 0 Å². The average Bonchev–Trinajstić information content (AvgIpc) is 3.27. The lowest BCUT2D eigenvalue weighted by Crippen LogP contribution is -2.59. The Morgan fingerprint density at radius 1 is 0.976 bits per heavy atom. The number of hydrogen-bond donors (Lipinski definition) is 1.